The molecule has 2 aromatic heterocycles. The van der Waals surface area contributed by atoms with Crippen LogP contribution >= 0.6 is 11.3 Å². The number of hydrogen-bond donors (Lipinski definition) is 1. The van der Waals surface area contributed by atoms with Gasteiger partial charge in [-0.05, 0) is 67.0 Å². The number of benzene rings is 3. The van der Waals surface area contributed by atoms with Gasteiger partial charge < -0.3 is 5.11 Å². The van der Waals surface area contributed by atoms with Gasteiger partial charge in [-0.2, -0.15) is 5.10 Å². The Morgan fingerprint density at radius 3 is 2.42 bits per heavy atom. The Hall–Kier alpha value is -4.10. The number of halogens is 1. The van der Waals surface area contributed by atoms with Crippen molar-refractivity contribution in [3.8, 4) is 27.5 Å². The van der Waals surface area contributed by atoms with Gasteiger partial charge in [0.25, 0.3) is 0 Å². The van der Waals surface area contributed by atoms with Crippen LogP contribution in [0.1, 0.15) is 45.7 Å². The number of aromatic carboxylic acids is 1. The van der Waals surface area contributed by atoms with Crippen molar-refractivity contribution in [3.63, 3.8) is 0 Å². The van der Waals surface area contributed by atoms with Crippen molar-refractivity contribution in [1.82, 2.24) is 14.8 Å². The number of thiazole rings is 1. The van der Waals surface area contributed by atoms with E-state index in [2.05, 4.69) is 36.2 Å². The summed E-state index contributed by atoms with van der Waals surface area (Å²) in [6, 6.07) is 23.1. The van der Waals surface area contributed by atoms with Crippen molar-refractivity contribution >= 4 is 17.3 Å². The maximum absolute atomic E-state index is 14.0. The largest absolute Gasteiger partial charge is 0.476 e. The fourth-order valence-electron chi connectivity index (χ4n) is 4.75. The third-order valence-corrected chi connectivity index (χ3v) is 7.77. The topological polar surface area (TPSA) is 68.0 Å². The minimum atomic E-state index is -1.05. The minimum absolute atomic E-state index is 0.0209. The van der Waals surface area contributed by atoms with Crippen LogP contribution in [-0.4, -0.2) is 25.8 Å². The van der Waals surface area contributed by atoms with Crippen LogP contribution in [0.25, 0.3) is 27.5 Å². The van der Waals surface area contributed by atoms with Crippen molar-refractivity contribution in [2.24, 2.45) is 5.92 Å². The Morgan fingerprint density at radius 2 is 1.74 bits per heavy atom. The number of aromatic nitrogens is 3. The van der Waals surface area contributed by atoms with E-state index in [1.54, 1.807) is 11.4 Å². The van der Waals surface area contributed by atoms with Crippen molar-refractivity contribution in [1.29, 1.82) is 0 Å². The molecular formula is C31H26FN3O2S. The van der Waals surface area contributed by atoms with E-state index in [9.17, 15) is 14.3 Å². The van der Waals surface area contributed by atoms with E-state index >= 15 is 0 Å². The maximum atomic E-state index is 14.0. The third-order valence-electron chi connectivity index (χ3n) is 6.96. The molecule has 190 valence electrons. The summed E-state index contributed by atoms with van der Waals surface area (Å²) in [4.78, 5) is 16.0. The molecule has 5 nitrogen and oxygen atoms in total. The highest BCUT2D eigenvalue weighted by Gasteiger charge is 2.29. The Balaban J connectivity index is 1.52. The summed E-state index contributed by atoms with van der Waals surface area (Å²) in [5.41, 5.74) is 8.07. The molecule has 6 rings (SSSR count). The first-order chi connectivity index (χ1) is 18.4. The van der Waals surface area contributed by atoms with E-state index < -0.39 is 5.97 Å². The number of carboxylic acid groups (broad SMARTS) is 1. The normalized spacial score (nSPS) is 13.1. The second-order valence-electron chi connectivity index (χ2n) is 9.91. The van der Waals surface area contributed by atoms with Crippen LogP contribution in [0.2, 0.25) is 0 Å². The first-order valence-electron chi connectivity index (χ1n) is 12.7. The molecule has 0 unspecified atom stereocenters. The monoisotopic (exact) mass is 523 g/mol. The van der Waals surface area contributed by atoms with Crippen molar-refractivity contribution in [2.45, 2.75) is 32.6 Å². The van der Waals surface area contributed by atoms with Crippen LogP contribution in [0.4, 0.5) is 4.39 Å². The van der Waals surface area contributed by atoms with E-state index in [-0.39, 0.29) is 11.5 Å². The quantitative estimate of drug-likeness (QED) is 0.231. The lowest BCUT2D eigenvalue weighted by molar-refractivity contribution is 0.0691. The average Bonchev–Trinajstić information content (AvgIpc) is 3.47. The molecule has 0 bridgehead atoms. The first kappa shape index (κ1) is 24.2. The lowest BCUT2D eigenvalue weighted by Crippen LogP contribution is -2.06. The Kier molecular flexibility index (Phi) is 6.37. The Morgan fingerprint density at radius 1 is 1.03 bits per heavy atom. The number of hydrogen-bond acceptors (Lipinski definition) is 4. The van der Waals surface area contributed by atoms with Gasteiger partial charge >= 0.3 is 5.97 Å². The molecule has 38 heavy (non-hydrogen) atoms. The summed E-state index contributed by atoms with van der Waals surface area (Å²) in [5, 5.41) is 16.6. The zero-order valence-electron chi connectivity index (χ0n) is 20.9. The summed E-state index contributed by atoms with van der Waals surface area (Å²) in [7, 11) is 0. The van der Waals surface area contributed by atoms with Crippen molar-refractivity contribution < 1.29 is 14.3 Å². The van der Waals surface area contributed by atoms with E-state index in [1.165, 1.54) is 47.4 Å². The number of nitrogens with zero attached hydrogens (tertiary/aromatic N) is 3. The molecule has 1 N–H and O–H groups in total. The van der Waals surface area contributed by atoms with Gasteiger partial charge in [-0.25, -0.2) is 18.9 Å². The molecule has 1 aliphatic rings. The van der Waals surface area contributed by atoms with Crippen LogP contribution in [-0.2, 0) is 12.8 Å². The van der Waals surface area contributed by atoms with Crippen LogP contribution in [0.5, 0.6) is 0 Å². The smallest absolute Gasteiger partial charge is 0.355 e. The van der Waals surface area contributed by atoms with Crippen molar-refractivity contribution in [3.05, 3.63) is 112 Å². The molecule has 5 aromatic rings. The van der Waals surface area contributed by atoms with Crippen LogP contribution < -0.4 is 0 Å². The number of carboxylic acids is 1. The molecule has 0 aliphatic heterocycles. The van der Waals surface area contributed by atoms with Gasteiger partial charge in [0, 0.05) is 22.9 Å². The van der Waals surface area contributed by atoms with Gasteiger partial charge in [-0.3, -0.25) is 0 Å². The van der Waals surface area contributed by atoms with Gasteiger partial charge in [0.1, 0.15) is 5.82 Å². The summed E-state index contributed by atoms with van der Waals surface area (Å²) in [5.74, 6) is -0.735. The standard InChI is InChI=1S/C31H26FN3O2S/c1-19-8-10-20(11-9-19)14-26-28(15-21-12-13-21)35(31-33-27(18-38-31)30(36)37)34-29(26)24-6-2-4-22(16-24)23-5-3-7-25(32)17-23/h2-11,16-18,21H,12-15H2,1H3,(H,36,37). The second kappa shape index (κ2) is 9.99. The first-order valence-corrected chi connectivity index (χ1v) is 13.5. The van der Waals surface area contributed by atoms with E-state index in [0.29, 0.717) is 17.5 Å². The number of carbonyl (C=O) groups is 1. The predicted octanol–water partition coefficient (Wildman–Crippen LogP) is 7.35. The molecule has 1 aliphatic carbocycles. The molecule has 0 spiro atoms. The molecule has 3 aromatic carbocycles. The summed E-state index contributed by atoms with van der Waals surface area (Å²) in [6.45, 7) is 2.08. The summed E-state index contributed by atoms with van der Waals surface area (Å²) in [6.07, 6.45) is 3.91. The fourth-order valence-corrected chi connectivity index (χ4v) is 5.52. The molecule has 0 radical (unpaired) electrons. The zero-order valence-corrected chi connectivity index (χ0v) is 21.7. The van der Waals surface area contributed by atoms with Gasteiger partial charge in [-0.15, -0.1) is 11.3 Å². The molecule has 2 heterocycles. The summed E-state index contributed by atoms with van der Waals surface area (Å²) < 4.78 is 15.8. The van der Waals surface area contributed by atoms with E-state index in [4.69, 9.17) is 5.10 Å². The number of rotatable bonds is 8. The third kappa shape index (κ3) is 5.02. The highest BCUT2D eigenvalue weighted by atomic mass is 32.1. The van der Waals surface area contributed by atoms with Gasteiger partial charge in [-0.1, -0.05) is 60.2 Å². The zero-order chi connectivity index (χ0) is 26.2. The molecular weight excluding hydrogens is 497 g/mol. The van der Waals surface area contributed by atoms with Gasteiger partial charge in [0.05, 0.1) is 11.4 Å². The SMILES string of the molecule is Cc1ccc(Cc2c(-c3cccc(-c4cccc(F)c4)c3)nn(-c3nc(C(=O)O)cs3)c2CC2CC2)cc1. The molecule has 1 fully saturated rings. The highest BCUT2D eigenvalue weighted by Crippen LogP contribution is 2.38. The predicted molar refractivity (Wildman–Crippen MR) is 147 cm³/mol. The maximum Gasteiger partial charge on any atom is 0.355 e. The molecule has 1 saturated carbocycles. The minimum Gasteiger partial charge on any atom is -0.476 e. The van der Waals surface area contributed by atoms with Gasteiger partial charge in [0.15, 0.2) is 5.69 Å². The van der Waals surface area contributed by atoms with E-state index in [0.717, 1.165) is 40.1 Å². The lowest BCUT2D eigenvalue weighted by Gasteiger charge is -2.10. The Labute approximate surface area is 224 Å². The molecule has 7 heteroatoms. The Bertz CT molecular complexity index is 1630. The molecule has 0 atom stereocenters. The molecule has 0 saturated heterocycles. The van der Waals surface area contributed by atoms with Crippen LogP contribution in [0, 0.1) is 18.7 Å². The van der Waals surface area contributed by atoms with Crippen molar-refractivity contribution in [2.75, 3.05) is 0 Å². The number of aryl methyl sites for hydroxylation is 1. The molecule has 0 amide bonds. The van der Waals surface area contributed by atoms with Gasteiger partial charge in [0.2, 0.25) is 5.13 Å². The van der Waals surface area contributed by atoms with E-state index in [1.807, 2.05) is 35.0 Å². The lowest BCUT2D eigenvalue weighted by atomic mass is 9.95. The fraction of sp³-hybridized carbons (Fsp3) is 0.194. The second-order valence-corrected chi connectivity index (χ2v) is 10.7. The summed E-state index contributed by atoms with van der Waals surface area (Å²) >= 11 is 1.29. The highest BCUT2D eigenvalue weighted by molar-refractivity contribution is 7.12. The van der Waals surface area contributed by atoms with Crippen LogP contribution in [0.3, 0.4) is 0 Å². The average molecular weight is 524 g/mol. The van der Waals surface area contributed by atoms with Crippen LogP contribution in [0.15, 0.2) is 78.2 Å².